The largest absolute Gasteiger partial charge is 0.277 e. The summed E-state index contributed by atoms with van der Waals surface area (Å²) in [6.45, 7) is 0. The summed E-state index contributed by atoms with van der Waals surface area (Å²) in [7, 11) is 0. The Morgan fingerprint density at radius 3 is 3.07 bits per heavy atom. The standard InChI is InChI=1S/C11H14BrClN2/c12-11(14)15-8-10(13)7-6-9-4-2-1-3-5-9/h1-4,8-10,14H,5-7H2/t9?,10-/m0/s1. The second-order valence-corrected chi connectivity index (χ2v) is 4.78. The third kappa shape index (κ3) is 5.90. The van der Waals surface area contributed by atoms with E-state index in [1.54, 1.807) is 6.21 Å². The Kier molecular flexibility index (Phi) is 5.88. The molecule has 0 radical (unpaired) electrons. The molecule has 0 saturated heterocycles. The van der Waals surface area contributed by atoms with Crippen LogP contribution < -0.4 is 0 Å². The van der Waals surface area contributed by atoms with Gasteiger partial charge in [-0.2, -0.15) is 0 Å². The summed E-state index contributed by atoms with van der Waals surface area (Å²) >= 11 is 8.97. The molecule has 1 rings (SSSR count). The van der Waals surface area contributed by atoms with E-state index in [4.69, 9.17) is 17.0 Å². The fraction of sp³-hybridized carbons (Fsp3) is 0.455. The molecule has 4 heteroatoms. The molecule has 1 unspecified atom stereocenters. The minimum atomic E-state index is -0.0813. The number of rotatable bonds is 4. The number of hydrogen-bond acceptors (Lipinski definition) is 1. The summed E-state index contributed by atoms with van der Waals surface area (Å²) in [6.07, 6.45) is 13.2. The number of amidine groups is 1. The minimum Gasteiger partial charge on any atom is -0.277 e. The molecule has 0 amide bonds. The number of halogens is 2. The predicted molar refractivity (Wildman–Crippen MR) is 70.4 cm³/mol. The molecule has 0 aliphatic heterocycles. The number of hydrogen-bond donors (Lipinski definition) is 1. The van der Waals surface area contributed by atoms with Gasteiger partial charge in [-0.1, -0.05) is 24.3 Å². The van der Waals surface area contributed by atoms with E-state index >= 15 is 0 Å². The quantitative estimate of drug-likeness (QED) is 0.353. The van der Waals surface area contributed by atoms with Crippen molar-refractivity contribution in [2.75, 3.05) is 0 Å². The molecule has 2 atom stereocenters. The van der Waals surface area contributed by atoms with Crippen molar-refractivity contribution in [2.45, 2.75) is 24.6 Å². The van der Waals surface area contributed by atoms with Gasteiger partial charge >= 0.3 is 0 Å². The number of aliphatic imine (C=N–C) groups is 1. The Morgan fingerprint density at radius 1 is 1.67 bits per heavy atom. The van der Waals surface area contributed by atoms with Gasteiger partial charge in [0.25, 0.3) is 0 Å². The van der Waals surface area contributed by atoms with E-state index in [-0.39, 0.29) is 10.1 Å². The lowest BCUT2D eigenvalue weighted by molar-refractivity contribution is 0.576. The zero-order valence-electron chi connectivity index (χ0n) is 8.37. The topological polar surface area (TPSA) is 36.2 Å². The zero-order chi connectivity index (χ0) is 11.1. The van der Waals surface area contributed by atoms with E-state index < -0.39 is 0 Å². The van der Waals surface area contributed by atoms with Crippen LogP contribution in [0.4, 0.5) is 0 Å². The van der Waals surface area contributed by atoms with Crippen molar-refractivity contribution in [3.05, 3.63) is 24.3 Å². The van der Waals surface area contributed by atoms with E-state index in [0.717, 1.165) is 19.3 Å². The fourth-order valence-electron chi connectivity index (χ4n) is 1.44. The van der Waals surface area contributed by atoms with Crippen LogP contribution in [-0.4, -0.2) is 16.3 Å². The van der Waals surface area contributed by atoms with Crippen LogP contribution >= 0.6 is 27.5 Å². The molecular weight excluding hydrogens is 275 g/mol. The van der Waals surface area contributed by atoms with Crippen LogP contribution in [0.5, 0.6) is 0 Å². The van der Waals surface area contributed by atoms with Crippen molar-refractivity contribution >= 4 is 38.5 Å². The van der Waals surface area contributed by atoms with Gasteiger partial charge in [-0.3, -0.25) is 5.41 Å². The monoisotopic (exact) mass is 288 g/mol. The van der Waals surface area contributed by atoms with Gasteiger partial charge in [-0.25, -0.2) is 4.99 Å². The fourth-order valence-corrected chi connectivity index (χ4v) is 1.74. The van der Waals surface area contributed by atoms with Crippen LogP contribution in [-0.2, 0) is 0 Å². The molecule has 0 fully saturated rings. The van der Waals surface area contributed by atoms with Crippen LogP contribution in [0.15, 0.2) is 29.3 Å². The Bertz CT molecular complexity index is 297. The molecule has 15 heavy (non-hydrogen) atoms. The van der Waals surface area contributed by atoms with Crippen LogP contribution in [0.1, 0.15) is 19.3 Å². The van der Waals surface area contributed by atoms with Crippen LogP contribution in [0.2, 0.25) is 0 Å². The maximum Gasteiger partial charge on any atom is 0.188 e. The van der Waals surface area contributed by atoms with Gasteiger partial charge in [-0.15, -0.1) is 11.6 Å². The van der Waals surface area contributed by atoms with Gasteiger partial charge in [0.15, 0.2) is 4.74 Å². The molecule has 0 heterocycles. The van der Waals surface area contributed by atoms with Gasteiger partial charge in [-0.05, 0) is 41.1 Å². The Hall–Kier alpha value is -0.410. The smallest absolute Gasteiger partial charge is 0.188 e. The Labute approximate surface area is 104 Å². The average Bonchev–Trinajstić information content (AvgIpc) is 2.25. The van der Waals surface area contributed by atoms with Crippen molar-refractivity contribution in [1.82, 2.24) is 0 Å². The first-order valence-electron chi connectivity index (χ1n) is 4.94. The number of nitrogens with zero attached hydrogens (tertiary/aromatic N) is 1. The second kappa shape index (κ2) is 6.96. The molecule has 0 aromatic rings. The lowest BCUT2D eigenvalue weighted by Crippen LogP contribution is -2.05. The predicted octanol–water partition coefficient (Wildman–Crippen LogP) is 3.91. The molecule has 0 bridgehead atoms. The van der Waals surface area contributed by atoms with Crippen molar-refractivity contribution in [3.8, 4) is 0 Å². The second-order valence-electron chi connectivity index (χ2n) is 3.47. The lowest BCUT2D eigenvalue weighted by atomic mass is 9.95. The first-order valence-corrected chi connectivity index (χ1v) is 6.17. The van der Waals surface area contributed by atoms with Gasteiger partial charge in [0.2, 0.25) is 0 Å². The molecule has 0 saturated carbocycles. The SMILES string of the molecule is N=C(Br)N=C[C@@H](Cl)CCC1C=CC=CC1. The van der Waals surface area contributed by atoms with Gasteiger partial charge in [0.05, 0.1) is 5.38 Å². The van der Waals surface area contributed by atoms with E-state index in [2.05, 4.69) is 45.2 Å². The lowest BCUT2D eigenvalue weighted by Gasteiger charge is -2.13. The van der Waals surface area contributed by atoms with Gasteiger partial charge in [0.1, 0.15) is 0 Å². The number of allylic oxidation sites excluding steroid dienone is 4. The Morgan fingerprint density at radius 2 is 2.47 bits per heavy atom. The first kappa shape index (κ1) is 12.7. The maximum absolute atomic E-state index is 7.06. The van der Waals surface area contributed by atoms with E-state index in [1.807, 2.05) is 0 Å². The molecule has 0 aromatic carbocycles. The van der Waals surface area contributed by atoms with E-state index in [1.165, 1.54) is 0 Å². The van der Waals surface area contributed by atoms with Gasteiger partial charge < -0.3 is 0 Å². The Balaban J connectivity index is 2.21. The van der Waals surface area contributed by atoms with Crippen molar-refractivity contribution < 1.29 is 0 Å². The maximum atomic E-state index is 7.06. The molecule has 1 aliphatic carbocycles. The molecule has 1 N–H and O–H groups in total. The van der Waals surface area contributed by atoms with E-state index in [9.17, 15) is 0 Å². The molecule has 82 valence electrons. The highest BCUT2D eigenvalue weighted by Gasteiger charge is 2.08. The molecule has 1 aliphatic rings. The zero-order valence-corrected chi connectivity index (χ0v) is 10.7. The number of alkyl halides is 1. The van der Waals surface area contributed by atoms with Crippen LogP contribution in [0.3, 0.4) is 0 Å². The molecular formula is C11H14BrClN2. The van der Waals surface area contributed by atoms with Crippen molar-refractivity contribution in [3.63, 3.8) is 0 Å². The summed E-state index contributed by atoms with van der Waals surface area (Å²) in [5.41, 5.74) is 0. The highest BCUT2D eigenvalue weighted by atomic mass is 79.9. The van der Waals surface area contributed by atoms with Crippen LogP contribution in [0, 0.1) is 11.3 Å². The highest BCUT2D eigenvalue weighted by molar-refractivity contribution is 9.18. The minimum absolute atomic E-state index is 0.0813. The number of nitrogens with one attached hydrogen (secondary N) is 1. The summed E-state index contributed by atoms with van der Waals surface area (Å²) in [6, 6.07) is 0. The summed E-state index contributed by atoms with van der Waals surface area (Å²) in [5, 5.41) is 6.97. The van der Waals surface area contributed by atoms with Gasteiger partial charge in [0, 0.05) is 6.21 Å². The summed E-state index contributed by atoms with van der Waals surface area (Å²) in [5.74, 6) is 0.605. The third-order valence-corrected chi connectivity index (χ3v) is 2.77. The average molecular weight is 290 g/mol. The highest BCUT2D eigenvalue weighted by Crippen LogP contribution is 2.19. The summed E-state index contributed by atoms with van der Waals surface area (Å²) < 4.78 is 0.119. The summed E-state index contributed by atoms with van der Waals surface area (Å²) in [4.78, 5) is 3.80. The first-order chi connectivity index (χ1) is 7.18. The van der Waals surface area contributed by atoms with E-state index in [0.29, 0.717) is 5.92 Å². The normalized spacial score (nSPS) is 22.1. The van der Waals surface area contributed by atoms with Crippen LogP contribution in [0.25, 0.3) is 0 Å². The van der Waals surface area contributed by atoms with Crippen molar-refractivity contribution in [1.29, 1.82) is 5.41 Å². The van der Waals surface area contributed by atoms with Crippen molar-refractivity contribution in [2.24, 2.45) is 10.9 Å². The molecule has 0 aromatic heterocycles. The molecule has 2 nitrogen and oxygen atoms in total. The molecule has 0 spiro atoms. The third-order valence-electron chi connectivity index (χ3n) is 2.23.